The van der Waals surface area contributed by atoms with Crippen LogP contribution in [0.1, 0.15) is 24.0 Å². The summed E-state index contributed by atoms with van der Waals surface area (Å²) in [5.41, 5.74) is 4.21. The van der Waals surface area contributed by atoms with Gasteiger partial charge in [-0.05, 0) is 73.5 Å². The molecule has 1 aliphatic heterocycles. The zero-order valence-corrected chi connectivity index (χ0v) is 17.0. The molecule has 4 rings (SSSR count). The standard InChI is InChI=1S/C22H24N4OS/c1-15-5-6-18(14-16(15)2)23-22(27)17-9-11-26(12-10-17)21-8-7-19(24-25-21)20-4-3-13-28-20/h3-8,13-14,17H,9-12H2,1-2H3,(H,23,27). The van der Waals surface area contributed by atoms with Crippen molar-refractivity contribution >= 4 is 28.7 Å². The fraction of sp³-hybridized carbons (Fsp3) is 0.318. The number of amides is 1. The van der Waals surface area contributed by atoms with Crippen molar-refractivity contribution in [2.75, 3.05) is 23.3 Å². The van der Waals surface area contributed by atoms with Crippen LogP contribution < -0.4 is 10.2 Å². The lowest BCUT2D eigenvalue weighted by atomic mass is 9.95. The van der Waals surface area contributed by atoms with Gasteiger partial charge in [-0.3, -0.25) is 4.79 Å². The van der Waals surface area contributed by atoms with Gasteiger partial charge in [0.1, 0.15) is 5.69 Å². The van der Waals surface area contributed by atoms with Crippen LogP contribution in [0.25, 0.3) is 10.6 Å². The van der Waals surface area contributed by atoms with Gasteiger partial charge in [0.05, 0.1) is 4.88 Å². The third-order valence-corrected chi connectivity index (χ3v) is 6.28. The molecular weight excluding hydrogens is 368 g/mol. The van der Waals surface area contributed by atoms with Gasteiger partial charge < -0.3 is 10.2 Å². The van der Waals surface area contributed by atoms with E-state index in [-0.39, 0.29) is 11.8 Å². The SMILES string of the molecule is Cc1ccc(NC(=O)C2CCN(c3ccc(-c4cccs4)nn3)CC2)cc1C. The summed E-state index contributed by atoms with van der Waals surface area (Å²) < 4.78 is 0. The molecular formula is C22H24N4OS. The van der Waals surface area contributed by atoms with Gasteiger partial charge in [0.2, 0.25) is 5.91 Å². The average Bonchev–Trinajstić information content (AvgIpc) is 3.26. The van der Waals surface area contributed by atoms with Crippen molar-refractivity contribution in [3.8, 4) is 10.6 Å². The van der Waals surface area contributed by atoms with Crippen molar-refractivity contribution in [3.05, 3.63) is 59.0 Å². The molecule has 0 bridgehead atoms. The van der Waals surface area contributed by atoms with Crippen LogP contribution in [-0.2, 0) is 4.79 Å². The minimum atomic E-state index is 0.0382. The van der Waals surface area contributed by atoms with Gasteiger partial charge in [0.15, 0.2) is 5.82 Å². The third-order valence-electron chi connectivity index (χ3n) is 5.39. The number of nitrogens with zero attached hydrogens (tertiary/aromatic N) is 3. The number of carbonyl (C=O) groups excluding carboxylic acids is 1. The van der Waals surface area contributed by atoms with E-state index in [9.17, 15) is 4.79 Å². The minimum absolute atomic E-state index is 0.0382. The van der Waals surface area contributed by atoms with Crippen molar-refractivity contribution in [2.45, 2.75) is 26.7 Å². The predicted molar refractivity (Wildman–Crippen MR) is 115 cm³/mol. The quantitative estimate of drug-likeness (QED) is 0.701. The highest BCUT2D eigenvalue weighted by Gasteiger charge is 2.26. The molecule has 0 unspecified atom stereocenters. The van der Waals surface area contributed by atoms with Gasteiger partial charge >= 0.3 is 0 Å². The molecule has 0 spiro atoms. The number of anilines is 2. The maximum Gasteiger partial charge on any atom is 0.227 e. The largest absolute Gasteiger partial charge is 0.355 e. The molecule has 0 aliphatic carbocycles. The van der Waals surface area contributed by atoms with E-state index in [2.05, 4.69) is 34.3 Å². The molecule has 3 heterocycles. The van der Waals surface area contributed by atoms with Crippen LogP contribution in [-0.4, -0.2) is 29.2 Å². The smallest absolute Gasteiger partial charge is 0.227 e. The highest BCUT2D eigenvalue weighted by atomic mass is 32.1. The summed E-state index contributed by atoms with van der Waals surface area (Å²) in [6, 6.07) is 14.2. The Labute approximate surface area is 169 Å². The number of aryl methyl sites for hydroxylation is 2. The summed E-state index contributed by atoms with van der Waals surface area (Å²) >= 11 is 1.66. The lowest BCUT2D eigenvalue weighted by molar-refractivity contribution is -0.120. The molecule has 1 fully saturated rings. The van der Waals surface area contributed by atoms with Crippen molar-refractivity contribution in [3.63, 3.8) is 0 Å². The Hall–Kier alpha value is -2.73. The molecule has 1 N–H and O–H groups in total. The Bertz CT molecular complexity index is 945. The fourth-order valence-corrected chi connectivity index (χ4v) is 4.17. The lowest BCUT2D eigenvalue weighted by Crippen LogP contribution is -2.38. The van der Waals surface area contributed by atoms with Crippen molar-refractivity contribution in [2.24, 2.45) is 5.92 Å². The van der Waals surface area contributed by atoms with E-state index in [0.29, 0.717) is 0 Å². The van der Waals surface area contributed by atoms with E-state index < -0.39 is 0 Å². The lowest BCUT2D eigenvalue weighted by Gasteiger charge is -2.31. The van der Waals surface area contributed by atoms with Gasteiger partial charge in [0.25, 0.3) is 0 Å². The molecule has 1 aliphatic rings. The van der Waals surface area contributed by atoms with Crippen LogP contribution >= 0.6 is 11.3 Å². The normalized spacial score (nSPS) is 14.9. The molecule has 6 heteroatoms. The third kappa shape index (κ3) is 4.07. The van der Waals surface area contributed by atoms with Gasteiger partial charge in [-0.1, -0.05) is 12.1 Å². The zero-order chi connectivity index (χ0) is 19.5. The van der Waals surface area contributed by atoms with Gasteiger partial charge in [-0.15, -0.1) is 21.5 Å². The van der Waals surface area contributed by atoms with Gasteiger partial charge in [0, 0.05) is 24.7 Å². The van der Waals surface area contributed by atoms with Crippen LogP contribution in [0.2, 0.25) is 0 Å². The summed E-state index contributed by atoms with van der Waals surface area (Å²) in [7, 11) is 0. The maximum atomic E-state index is 12.6. The number of piperidine rings is 1. The molecule has 2 aromatic heterocycles. The summed E-state index contributed by atoms with van der Waals surface area (Å²) in [4.78, 5) is 16.0. The maximum absolute atomic E-state index is 12.6. The first-order valence-electron chi connectivity index (χ1n) is 9.61. The Morgan fingerprint density at radius 1 is 1.07 bits per heavy atom. The van der Waals surface area contributed by atoms with E-state index in [0.717, 1.165) is 48.0 Å². The summed E-state index contributed by atoms with van der Waals surface area (Å²) in [6.07, 6.45) is 1.65. The highest BCUT2D eigenvalue weighted by molar-refractivity contribution is 7.13. The van der Waals surface area contributed by atoms with Crippen LogP contribution in [0, 0.1) is 19.8 Å². The average molecular weight is 393 g/mol. The summed E-state index contributed by atoms with van der Waals surface area (Å²) in [6.45, 7) is 5.77. The number of aromatic nitrogens is 2. The molecule has 1 amide bonds. The summed E-state index contributed by atoms with van der Waals surface area (Å²) in [5.74, 6) is 1.03. The molecule has 3 aromatic rings. The molecule has 5 nitrogen and oxygen atoms in total. The van der Waals surface area contributed by atoms with Crippen molar-refractivity contribution in [1.29, 1.82) is 0 Å². The molecule has 28 heavy (non-hydrogen) atoms. The topological polar surface area (TPSA) is 58.1 Å². The Kier molecular flexibility index (Phi) is 5.39. The number of hydrogen-bond acceptors (Lipinski definition) is 5. The number of thiophene rings is 1. The number of nitrogens with one attached hydrogen (secondary N) is 1. The van der Waals surface area contributed by atoms with E-state index in [1.807, 2.05) is 47.8 Å². The number of carbonyl (C=O) groups is 1. The van der Waals surface area contributed by atoms with E-state index >= 15 is 0 Å². The Morgan fingerprint density at radius 3 is 2.54 bits per heavy atom. The zero-order valence-electron chi connectivity index (χ0n) is 16.2. The van der Waals surface area contributed by atoms with Gasteiger partial charge in [-0.2, -0.15) is 0 Å². The van der Waals surface area contributed by atoms with Crippen molar-refractivity contribution < 1.29 is 4.79 Å². The van der Waals surface area contributed by atoms with Crippen LogP contribution in [0.4, 0.5) is 11.5 Å². The monoisotopic (exact) mass is 392 g/mol. The number of hydrogen-bond donors (Lipinski definition) is 1. The second kappa shape index (κ2) is 8.10. The van der Waals surface area contributed by atoms with E-state index in [1.54, 1.807) is 11.3 Å². The Morgan fingerprint density at radius 2 is 1.89 bits per heavy atom. The van der Waals surface area contributed by atoms with Crippen LogP contribution in [0.3, 0.4) is 0 Å². The predicted octanol–water partition coefficient (Wildman–Crippen LogP) is 4.68. The van der Waals surface area contributed by atoms with Crippen LogP contribution in [0.15, 0.2) is 47.8 Å². The molecule has 0 saturated carbocycles. The summed E-state index contributed by atoms with van der Waals surface area (Å²) in [5, 5.41) is 13.9. The molecule has 0 radical (unpaired) electrons. The van der Waals surface area contributed by atoms with Crippen LogP contribution in [0.5, 0.6) is 0 Å². The van der Waals surface area contributed by atoms with Gasteiger partial charge in [-0.25, -0.2) is 0 Å². The number of rotatable bonds is 4. The second-order valence-corrected chi connectivity index (χ2v) is 8.25. The van der Waals surface area contributed by atoms with E-state index in [4.69, 9.17) is 0 Å². The first-order chi connectivity index (χ1) is 13.6. The fourth-order valence-electron chi connectivity index (χ4n) is 3.48. The first-order valence-corrected chi connectivity index (χ1v) is 10.5. The van der Waals surface area contributed by atoms with E-state index in [1.165, 1.54) is 11.1 Å². The Balaban J connectivity index is 1.33. The second-order valence-electron chi connectivity index (χ2n) is 7.30. The highest BCUT2D eigenvalue weighted by Crippen LogP contribution is 2.26. The number of benzene rings is 1. The molecule has 0 atom stereocenters. The molecule has 1 aromatic carbocycles. The minimum Gasteiger partial charge on any atom is -0.355 e. The molecule has 144 valence electrons. The molecule has 1 saturated heterocycles. The first kappa shape index (κ1) is 18.6. The van der Waals surface area contributed by atoms with Crippen molar-refractivity contribution in [1.82, 2.24) is 10.2 Å².